The number of hydrogen-bond donors (Lipinski definition) is 0. The molecule has 4 heteroatoms. The summed E-state index contributed by atoms with van der Waals surface area (Å²) < 4.78 is 3.18. The molecule has 0 spiro atoms. The second kappa shape index (κ2) is 7.08. The van der Waals surface area contributed by atoms with Gasteiger partial charge in [-0.2, -0.15) is 5.10 Å². The fourth-order valence-corrected chi connectivity index (χ4v) is 4.12. The van der Waals surface area contributed by atoms with E-state index in [4.69, 9.17) is 0 Å². The summed E-state index contributed by atoms with van der Waals surface area (Å²) >= 11 is 3.70. The zero-order valence-electron chi connectivity index (χ0n) is 13.7. The van der Waals surface area contributed by atoms with Gasteiger partial charge >= 0.3 is 0 Å². The molecule has 1 aliphatic rings. The maximum absolute atomic E-state index is 12.3. The molecule has 1 aliphatic carbocycles. The molecule has 2 rings (SSSR count). The highest BCUT2D eigenvalue weighted by Crippen LogP contribution is 2.35. The van der Waals surface area contributed by atoms with Crippen molar-refractivity contribution in [2.45, 2.75) is 66.3 Å². The Morgan fingerprint density at radius 3 is 2.67 bits per heavy atom. The lowest BCUT2D eigenvalue weighted by molar-refractivity contribution is -0.126. The summed E-state index contributed by atoms with van der Waals surface area (Å²) in [5.41, 5.74) is 2.31. The van der Waals surface area contributed by atoms with E-state index in [2.05, 4.69) is 53.4 Å². The first kappa shape index (κ1) is 16.7. The molecule has 118 valence electrons. The van der Waals surface area contributed by atoms with Gasteiger partial charge in [0.25, 0.3) is 0 Å². The monoisotopic (exact) mass is 354 g/mol. The predicted molar refractivity (Wildman–Crippen MR) is 89.4 cm³/mol. The number of halogens is 1. The van der Waals surface area contributed by atoms with Gasteiger partial charge in [-0.1, -0.05) is 20.8 Å². The van der Waals surface area contributed by atoms with Crippen molar-refractivity contribution in [2.75, 3.05) is 0 Å². The molecule has 3 nitrogen and oxygen atoms in total. The zero-order valence-corrected chi connectivity index (χ0v) is 15.2. The highest BCUT2D eigenvalue weighted by Gasteiger charge is 2.31. The topological polar surface area (TPSA) is 34.9 Å². The Balaban J connectivity index is 2.20. The summed E-state index contributed by atoms with van der Waals surface area (Å²) in [6.45, 7) is 9.65. The molecule has 1 aromatic rings. The van der Waals surface area contributed by atoms with Crippen LogP contribution in [0.1, 0.15) is 58.3 Å². The first-order valence-electron chi connectivity index (χ1n) is 8.24. The van der Waals surface area contributed by atoms with Crippen LogP contribution in [0.2, 0.25) is 0 Å². The van der Waals surface area contributed by atoms with Gasteiger partial charge in [0.05, 0.1) is 15.9 Å². The van der Waals surface area contributed by atoms with Crippen LogP contribution in [0, 0.1) is 17.8 Å². The van der Waals surface area contributed by atoms with E-state index in [1.807, 2.05) is 0 Å². The molecule has 0 saturated heterocycles. The van der Waals surface area contributed by atoms with Gasteiger partial charge in [-0.25, -0.2) is 0 Å². The molecule has 0 amide bonds. The number of carbonyl (C=O) groups is 1. The largest absolute Gasteiger partial charge is 0.299 e. The second-order valence-corrected chi connectivity index (χ2v) is 7.32. The molecule has 0 aromatic carbocycles. The van der Waals surface area contributed by atoms with E-state index in [1.165, 1.54) is 5.69 Å². The Morgan fingerprint density at radius 2 is 2.10 bits per heavy atom. The number of hydrogen-bond acceptors (Lipinski definition) is 2. The lowest BCUT2D eigenvalue weighted by Gasteiger charge is -2.30. The van der Waals surface area contributed by atoms with Gasteiger partial charge in [0.15, 0.2) is 0 Å². The maximum atomic E-state index is 12.3. The van der Waals surface area contributed by atoms with Crippen molar-refractivity contribution >= 4 is 21.7 Å². The average Bonchev–Trinajstić information content (AvgIpc) is 2.77. The van der Waals surface area contributed by atoms with E-state index in [0.717, 1.165) is 48.8 Å². The van der Waals surface area contributed by atoms with Crippen LogP contribution in [-0.4, -0.2) is 15.6 Å². The van der Waals surface area contributed by atoms with Crippen LogP contribution in [0.15, 0.2) is 4.47 Å². The molecule has 0 N–H and O–H groups in total. The molecule has 1 aromatic heterocycles. The minimum absolute atomic E-state index is 0.175. The van der Waals surface area contributed by atoms with Crippen molar-refractivity contribution in [2.24, 2.45) is 17.8 Å². The average molecular weight is 355 g/mol. The lowest BCUT2D eigenvalue weighted by Crippen LogP contribution is -2.29. The first-order valence-corrected chi connectivity index (χ1v) is 9.03. The lowest BCUT2D eigenvalue weighted by atomic mass is 9.74. The van der Waals surface area contributed by atoms with Gasteiger partial charge < -0.3 is 0 Å². The third kappa shape index (κ3) is 3.58. The SMILES string of the molecule is CCc1nn(CC)c(CC2CC(C(C)C)CCC2=O)c1Br. The minimum atomic E-state index is 0.175. The third-order valence-electron chi connectivity index (χ3n) is 4.88. The Bertz CT molecular complexity index is 507. The number of aromatic nitrogens is 2. The summed E-state index contributed by atoms with van der Waals surface area (Å²) in [6, 6.07) is 0. The highest BCUT2D eigenvalue weighted by molar-refractivity contribution is 9.10. The van der Waals surface area contributed by atoms with Crippen LogP contribution in [0.3, 0.4) is 0 Å². The van der Waals surface area contributed by atoms with Gasteiger partial charge in [-0.15, -0.1) is 0 Å². The summed E-state index contributed by atoms with van der Waals surface area (Å²) in [5, 5.41) is 4.65. The van der Waals surface area contributed by atoms with E-state index in [1.54, 1.807) is 0 Å². The van der Waals surface area contributed by atoms with E-state index in [9.17, 15) is 4.79 Å². The van der Waals surface area contributed by atoms with Gasteiger partial charge in [-0.05, 0) is 54.0 Å². The number of rotatable bonds is 5. The number of ketones is 1. The fraction of sp³-hybridized carbons (Fsp3) is 0.765. The first-order chi connectivity index (χ1) is 9.97. The maximum Gasteiger partial charge on any atom is 0.136 e. The van der Waals surface area contributed by atoms with Gasteiger partial charge in [0.2, 0.25) is 0 Å². The van der Waals surface area contributed by atoms with Gasteiger partial charge in [-0.3, -0.25) is 9.48 Å². The molecule has 1 saturated carbocycles. The van der Waals surface area contributed by atoms with Crippen LogP contribution in [0.4, 0.5) is 0 Å². The molecule has 21 heavy (non-hydrogen) atoms. The van der Waals surface area contributed by atoms with E-state index < -0.39 is 0 Å². The summed E-state index contributed by atoms with van der Waals surface area (Å²) in [4.78, 5) is 12.3. The summed E-state index contributed by atoms with van der Waals surface area (Å²) in [5.74, 6) is 1.98. The molecule has 0 radical (unpaired) electrons. The zero-order chi connectivity index (χ0) is 15.6. The summed E-state index contributed by atoms with van der Waals surface area (Å²) in [7, 11) is 0. The van der Waals surface area contributed by atoms with Crippen LogP contribution < -0.4 is 0 Å². The minimum Gasteiger partial charge on any atom is -0.299 e. The van der Waals surface area contributed by atoms with Crippen molar-refractivity contribution < 1.29 is 4.79 Å². The number of carbonyl (C=O) groups excluding carboxylic acids is 1. The fourth-order valence-electron chi connectivity index (χ4n) is 3.39. The van der Waals surface area contributed by atoms with Crippen LogP contribution >= 0.6 is 15.9 Å². The molecule has 2 unspecified atom stereocenters. The van der Waals surface area contributed by atoms with Crippen molar-refractivity contribution in [3.05, 3.63) is 15.9 Å². The molecule has 1 heterocycles. The highest BCUT2D eigenvalue weighted by atomic mass is 79.9. The normalized spacial score (nSPS) is 23.0. The molecule has 0 aliphatic heterocycles. The Kier molecular flexibility index (Phi) is 5.64. The predicted octanol–water partition coefficient (Wildman–Crippen LogP) is 4.41. The Morgan fingerprint density at radius 1 is 1.38 bits per heavy atom. The second-order valence-electron chi connectivity index (χ2n) is 6.52. The van der Waals surface area contributed by atoms with Crippen molar-refractivity contribution in [1.82, 2.24) is 9.78 Å². The van der Waals surface area contributed by atoms with E-state index in [-0.39, 0.29) is 5.92 Å². The van der Waals surface area contributed by atoms with Crippen LogP contribution in [0.5, 0.6) is 0 Å². The van der Waals surface area contributed by atoms with Crippen LogP contribution in [0.25, 0.3) is 0 Å². The van der Waals surface area contributed by atoms with Crippen molar-refractivity contribution in [1.29, 1.82) is 0 Å². The smallest absolute Gasteiger partial charge is 0.136 e. The molecule has 2 atom stereocenters. The Labute approximate surface area is 136 Å². The number of aryl methyl sites for hydroxylation is 2. The Hall–Kier alpha value is -0.640. The quantitative estimate of drug-likeness (QED) is 0.784. The standard InChI is InChI=1S/C17H27BrN2O/c1-5-14-17(18)15(20(6-2)19-14)10-13-9-12(11(3)4)7-8-16(13)21/h11-13H,5-10H2,1-4H3. The van der Waals surface area contributed by atoms with Gasteiger partial charge in [0.1, 0.15) is 5.78 Å². The van der Waals surface area contributed by atoms with Gasteiger partial charge in [0, 0.05) is 25.3 Å². The number of Topliss-reactive ketones (excluding diaryl/α,β-unsaturated/α-hetero) is 1. The van der Waals surface area contributed by atoms with E-state index in [0.29, 0.717) is 17.6 Å². The molecular weight excluding hydrogens is 328 g/mol. The van der Waals surface area contributed by atoms with Crippen molar-refractivity contribution in [3.63, 3.8) is 0 Å². The number of nitrogens with zero attached hydrogens (tertiary/aromatic N) is 2. The third-order valence-corrected chi connectivity index (χ3v) is 5.80. The molecule has 1 fully saturated rings. The summed E-state index contributed by atoms with van der Waals surface area (Å²) in [6.07, 6.45) is 4.63. The van der Waals surface area contributed by atoms with E-state index >= 15 is 0 Å². The van der Waals surface area contributed by atoms with Crippen molar-refractivity contribution in [3.8, 4) is 0 Å². The molecular formula is C17H27BrN2O. The van der Waals surface area contributed by atoms with Crippen LogP contribution in [-0.2, 0) is 24.2 Å². The molecule has 0 bridgehead atoms.